The van der Waals surface area contributed by atoms with E-state index in [9.17, 15) is 10.2 Å². The second kappa shape index (κ2) is 13.1. The van der Waals surface area contributed by atoms with Gasteiger partial charge in [0, 0.05) is 16.2 Å². The van der Waals surface area contributed by atoms with E-state index in [4.69, 9.17) is 32.9 Å². The number of nitrogens with zero attached hydrogens (tertiary/aromatic N) is 2. The number of furan rings is 1. The van der Waals surface area contributed by atoms with Gasteiger partial charge in [-0.05, 0) is 102 Å². The molecule has 0 aliphatic heterocycles. The second-order valence-corrected chi connectivity index (χ2v) is 15.2. The molecule has 8 heteroatoms. The monoisotopic (exact) mass is 752 g/mol. The van der Waals surface area contributed by atoms with E-state index < -0.39 is 10.9 Å². The maximum absolute atomic E-state index is 10.6. The van der Waals surface area contributed by atoms with Crippen LogP contribution in [-0.4, -0.2) is 49.0 Å². The fourth-order valence-electron chi connectivity index (χ4n) is 8.96. The Labute approximate surface area is 343 Å². The lowest BCUT2D eigenvalue weighted by Gasteiger charge is -2.37. The van der Waals surface area contributed by atoms with Gasteiger partial charge in [0.25, 0.3) is 0 Å². The highest BCUT2D eigenvalue weighted by Crippen LogP contribution is 2.49. The molecule has 2 N–H and O–H groups in total. The van der Waals surface area contributed by atoms with E-state index in [0.717, 1.165) is 87.6 Å². The average Bonchev–Trinajstić information content (AvgIpc) is 3.85. The number of fused-ring (bicyclic) bond motifs is 7. The van der Waals surface area contributed by atoms with Crippen molar-refractivity contribution in [2.75, 3.05) is 0 Å². The van der Waals surface area contributed by atoms with Gasteiger partial charge in [-0.25, -0.2) is 4.98 Å². The van der Waals surface area contributed by atoms with Crippen molar-refractivity contribution in [3.05, 3.63) is 182 Å². The standard InChI is InChI=1S/C51H31B3N2O3/c52-50(53,51(54,57)58)49-55-41-21-9-10-22-43(41)56(49)42-28-27-36(32-15-4-5-16-33(32)42)46-34-17-6-7-18-35(34)47(40-29-31(25-26-37(40)46)30-13-2-1-3-14-30)39-20-12-24-45-48(39)38-19-8-11-23-44(38)59-45/h1-29,57-58H. The molecule has 11 rings (SSSR count). The maximum atomic E-state index is 10.6. The molecule has 11 aromatic rings. The molecule has 0 unspecified atom stereocenters. The summed E-state index contributed by atoms with van der Waals surface area (Å²) in [5.74, 6) is -0.00116. The lowest BCUT2D eigenvalue weighted by molar-refractivity contribution is -0.100. The predicted molar refractivity (Wildman–Crippen MR) is 243 cm³/mol. The lowest BCUT2D eigenvalue weighted by atomic mass is 9.45. The van der Waals surface area contributed by atoms with Crippen molar-refractivity contribution in [3.63, 3.8) is 0 Å². The first kappa shape index (κ1) is 35.3. The average molecular weight is 752 g/mol. The molecule has 272 valence electrons. The summed E-state index contributed by atoms with van der Waals surface area (Å²) in [7, 11) is 18.7. The Kier molecular flexibility index (Phi) is 7.83. The van der Waals surface area contributed by atoms with Crippen molar-refractivity contribution < 1.29 is 14.6 Å². The summed E-state index contributed by atoms with van der Waals surface area (Å²) in [4.78, 5) is 4.71. The highest BCUT2D eigenvalue weighted by atomic mass is 16.5. The molecule has 59 heavy (non-hydrogen) atoms. The van der Waals surface area contributed by atoms with Gasteiger partial charge in [-0.15, -0.1) is 0 Å². The van der Waals surface area contributed by atoms with Crippen molar-refractivity contribution in [2.24, 2.45) is 0 Å². The highest BCUT2D eigenvalue weighted by molar-refractivity contribution is 6.44. The van der Waals surface area contributed by atoms with Crippen LogP contribution in [0.1, 0.15) is 5.82 Å². The minimum Gasteiger partial charge on any atom is -0.456 e. The van der Waals surface area contributed by atoms with Gasteiger partial charge in [0.1, 0.15) is 22.7 Å². The first-order valence-electron chi connectivity index (χ1n) is 19.5. The fourth-order valence-corrected chi connectivity index (χ4v) is 8.96. The van der Waals surface area contributed by atoms with Crippen LogP contribution in [-0.2, 0) is 5.21 Å². The van der Waals surface area contributed by atoms with E-state index in [0.29, 0.717) is 16.7 Å². The van der Waals surface area contributed by atoms with Crippen LogP contribution in [0.3, 0.4) is 0 Å². The molecule has 0 amide bonds. The van der Waals surface area contributed by atoms with Crippen LogP contribution in [0.5, 0.6) is 0 Å². The van der Waals surface area contributed by atoms with Gasteiger partial charge in [-0.2, -0.15) is 0 Å². The Hall–Kier alpha value is -6.86. The zero-order valence-corrected chi connectivity index (χ0v) is 31.7. The van der Waals surface area contributed by atoms with Gasteiger partial charge in [0.05, 0.1) is 32.4 Å². The molecule has 9 aromatic carbocycles. The van der Waals surface area contributed by atoms with Crippen molar-refractivity contribution >= 4 is 88.8 Å². The molecule has 0 bridgehead atoms. The van der Waals surface area contributed by atoms with Crippen LogP contribution in [0.15, 0.2) is 180 Å². The van der Waals surface area contributed by atoms with Crippen LogP contribution in [0, 0.1) is 0 Å². The van der Waals surface area contributed by atoms with E-state index >= 15 is 0 Å². The Balaban J connectivity index is 1.25. The molecule has 0 atom stereocenters. The molecule has 5 nitrogen and oxygen atoms in total. The molecule has 0 saturated carbocycles. The third kappa shape index (κ3) is 5.34. The minimum atomic E-state index is -2.98. The van der Waals surface area contributed by atoms with Gasteiger partial charge in [-0.3, -0.25) is 4.57 Å². The number of aliphatic hydroxyl groups is 2. The molecule has 0 spiro atoms. The summed E-state index contributed by atoms with van der Waals surface area (Å²) in [5.41, 5.74) is 7.23. The van der Waals surface area contributed by atoms with Gasteiger partial charge in [0.2, 0.25) is 0 Å². The summed E-state index contributed by atoms with van der Waals surface area (Å²) >= 11 is 0. The second-order valence-electron chi connectivity index (χ2n) is 15.2. The fraction of sp³-hybridized carbons (Fsp3) is 0.0392. The lowest BCUT2D eigenvalue weighted by Crippen LogP contribution is -2.54. The smallest absolute Gasteiger partial charge is 0.152 e. The third-order valence-electron chi connectivity index (χ3n) is 11.8. The van der Waals surface area contributed by atoms with E-state index in [1.54, 1.807) is 4.57 Å². The van der Waals surface area contributed by atoms with E-state index in [1.165, 1.54) is 0 Å². The SMILES string of the molecule is [B]C(O)(O)C([B])([B])c1nc2ccccc2n1-c1ccc(-c2c3ccccc3c(-c3cccc4oc5ccccc5c34)c3cc(-c4ccccc4)ccc23)c2ccccc12. The molecule has 0 saturated heterocycles. The number of hydrogen-bond acceptors (Lipinski definition) is 4. The number of aromatic nitrogens is 2. The zero-order chi connectivity index (χ0) is 40.0. The Morgan fingerprint density at radius 1 is 0.475 bits per heavy atom. The van der Waals surface area contributed by atoms with Crippen LogP contribution < -0.4 is 0 Å². The van der Waals surface area contributed by atoms with Gasteiger partial charge in [0.15, 0.2) is 7.85 Å². The molecule has 2 aromatic heterocycles. The molecule has 0 fully saturated rings. The van der Waals surface area contributed by atoms with Gasteiger partial charge < -0.3 is 14.6 Å². The molecular weight excluding hydrogens is 721 g/mol. The number of para-hydroxylation sites is 3. The van der Waals surface area contributed by atoms with Crippen molar-refractivity contribution in [3.8, 4) is 39.1 Å². The molecule has 2 heterocycles. The number of rotatable bonds is 6. The number of imidazole rings is 1. The van der Waals surface area contributed by atoms with Crippen molar-refractivity contribution in [2.45, 2.75) is 10.9 Å². The first-order valence-corrected chi connectivity index (χ1v) is 19.5. The normalized spacial score (nSPS) is 12.4. The molecule has 0 aliphatic carbocycles. The summed E-state index contributed by atoms with van der Waals surface area (Å²) in [5, 5.41) is 27.3. The topological polar surface area (TPSA) is 71.4 Å². The van der Waals surface area contributed by atoms with Crippen LogP contribution in [0.4, 0.5) is 0 Å². The summed E-state index contributed by atoms with van der Waals surface area (Å²) in [6.07, 6.45) is 0. The first-order chi connectivity index (χ1) is 28.7. The van der Waals surface area contributed by atoms with Gasteiger partial charge >= 0.3 is 0 Å². The summed E-state index contributed by atoms with van der Waals surface area (Å²) < 4.78 is 8.21. The largest absolute Gasteiger partial charge is 0.456 e. The zero-order valence-electron chi connectivity index (χ0n) is 31.7. The maximum Gasteiger partial charge on any atom is 0.152 e. The predicted octanol–water partition coefficient (Wildman–Crippen LogP) is 10.7. The van der Waals surface area contributed by atoms with Crippen LogP contribution in [0.2, 0.25) is 0 Å². The van der Waals surface area contributed by atoms with Crippen LogP contribution in [0.25, 0.3) is 104 Å². The third-order valence-corrected chi connectivity index (χ3v) is 11.8. The molecule has 6 radical (unpaired) electrons. The van der Waals surface area contributed by atoms with E-state index in [1.807, 2.05) is 72.8 Å². The summed E-state index contributed by atoms with van der Waals surface area (Å²) in [6, 6.07) is 60.2. The quantitative estimate of drug-likeness (QED) is 0.101. The van der Waals surface area contributed by atoms with Crippen molar-refractivity contribution in [1.82, 2.24) is 9.55 Å². The van der Waals surface area contributed by atoms with Gasteiger partial charge in [-0.1, -0.05) is 140 Å². The molecule has 0 aliphatic rings. The number of benzene rings is 9. The van der Waals surface area contributed by atoms with Crippen molar-refractivity contribution in [1.29, 1.82) is 0 Å². The van der Waals surface area contributed by atoms with E-state index in [-0.39, 0.29) is 5.82 Å². The molecular formula is C51H31B3N2O3. The highest BCUT2D eigenvalue weighted by Gasteiger charge is 2.41. The Bertz CT molecular complexity index is 3470. The van der Waals surface area contributed by atoms with E-state index in [2.05, 4.69) is 103 Å². The summed E-state index contributed by atoms with van der Waals surface area (Å²) in [6.45, 7) is 0. The minimum absolute atomic E-state index is 0.00116. The Morgan fingerprint density at radius 3 is 1.85 bits per heavy atom. The Morgan fingerprint density at radius 2 is 1.08 bits per heavy atom. The van der Waals surface area contributed by atoms with Crippen LogP contribution >= 0.6 is 0 Å². The number of hydrogen-bond donors (Lipinski definition) is 2.